The Balaban J connectivity index is 1.56. The quantitative estimate of drug-likeness (QED) is 0.304. The van der Waals surface area contributed by atoms with E-state index in [1.54, 1.807) is 24.4 Å². The van der Waals surface area contributed by atoms with E-state index in [2.05, 4.69) is 15.3 Å². The Morgan fingerprint density at radius 1 is 1.23 bits per heavy atom. The first-order chi connectivity index (χ1) is 14.9. The van der Waals surface area contributed by atoms with Gasteiger partial charge in [-0.2, -0.15) is 0 Å². The van der Waals surface area contributed by atoms with Crippen molar-refractivity contribution in [2.24, 2.45) is 0 Å². The standard InChI is InChI=1S/C23H27N5O3/c1-13(29)21(25)18-10-5-15(11-19(18)24)27-23-26-12-14-3-2-4-20(22(14)28-23)31-17-8-6-16(30)7-9-17/h2-5,10-13,16-17,25,29-30H,6-9,24H2,1H3,(H,26,27,28). The fraction of sp³-hybridized carbons (Fsp3) is 0.348. The Morgan fingerprint density at radius 2 is 2.00 bits per heavy atom. The van der Waals surface area contributed by atoms with Gasteiger partial charge in [0.05, 0.1) is 24.0 Å². The molecule has 4 rings (SSSR count). The van der Waals surface area contributed by atoms with Crippen LogP contribution in [0.1, 0.15) is 38.2 Å². The molecule has 0 radical (unpaired) electrons. The predicted octanol–water partition coefficient (Wildman–Crippen LogP) is 3.39. The van der Waals surface area contributed by atoms with Gasteiger partial charge in [-0.3, -0.25) is 0 Å². The average molecular weight is 422 g/mol. The van der Waals surface area contributed by atoms with Crippen LogP contribution >= 0.6 is 0 Å². The van der Waals surface area contributed by atoms with Crippen molar-refractivity contribution >= 4 is 33.9 Å². The number of fused-ring (bicyclic) bond motifs is 1. The van der Waals surface area contributed by atoms with Crippen molar-refractivity contribution in [1.82, 2.24) is 9.97 Å². The molecule has 1 heterocycles. The van der Waals surface area contributed by atoms with Crippen LogP contribution in [0.5, 0.6) is 5.75 Å². The lowest BCUT2D eigenvalue weighted by Crippen LogP contribution is -2.26. The van der Waals surface area contributed by atoms with Crippen LogP contribution in [0.3, 0.4) is 0 Å². The number of aliphatic hydroxyl groups is 2. The number of nitrogens with one attached hydrogen (secondary N) is 2. The predicted molar refractivity (Wildman–Crippen MR) is 121 cm³/mol. The highest BCUT2D eigenvalue weighted by Crippen LogP contribution is 2.30. The Hall–Kier alpha value is -3.23. The number of anilines is 3. The number of hydrogen-bond donors (Lipinski definition) is 5. The minimum atomic E-state index is -0.893. The molecule has 1 atom stereocenters. The first kappa shape index (κ1) is 21.0. The lowest BCUT2D eigenvalue weighted by molar-refractivity contribution is 0.0672. The van der Waals surface area contributed by atoms with Crippen molar-refractivity contribution in [1.29, 1.82) is 5.41 Å². The van der Waals surface area contributed by atoms with Gasteiger partial charge >= 0.3 is 0 Å². The first-order valence-electron chi connectivity index (χ1n) is 10.4. The third kappa shape index (κ3) is 4.76. The number of hydrogen-bond acceptors (Lipinski definition) is 8. The Labute approximate surface area is 180 Å². The van der Waals surface area contributed by atoms with Gasteiger partial charge in [0.2, 0.25) is 5.95 Å². The number of ether oxygens (including phenoxy) is 1. The molecule has 162 valence electrons. The monoisotopic (exact) mass is 421 g/mol. The van der Waals surface area contributed by atoms with Crippen LogP contribution in [0.25, 0.3) is 10.9 Å². The first-order valence-corrected chi connectivity index (χ1v) is 10.4. The summed E-state index contributed by atoms with van der Waals surface area (Å²) in [5.41, 5.74) is 8.42. The Morgan fingerprint density at radius 3 is 2.71 bits per heavy atom. The smallest absolute Gasteiger partial charge is 0.227 e. The Kier molecular flexibility index (Phi) is 6.01. The van der Waals surface area contributed by atoms with Gasteiger partial charge in [0.15, 0.2) is 0 Å². The van der Waals surface area contributed by atoms with E-state index in [9.17, 15) is 10.2 Å². The number of rotatable bonds is 6. The summed E-state index contributed by atoms with van der Waals surface area (Å²) in [6.45, 7) is 1.53. The molecular weight excluding hydrogens is 394 g/mol. The number of nitrogens with two attached hydrogens (primary N) is 1. The number of nitrogens with zero attached hydrogens (tertiary/aromatic N) is 2. The second-order valence-corrected chi connectivity index (χ2v) is 7.95. The van der Waals surface area contributed by atoms with Crippen LogP contribution in [-0.4, -0.2) is 44.2 Å². The third-order valence-corrected chi connectivity index (χ3v) is 5.53. The van der Waals surface area contributed by atoms with Crippen LogP contribution in [0.4, 0.5) is 17.3 Å². The summed E-state index contributed by atoms with van der Waals surface area (Å²) in [5.74, 6) is 1.10. The van der Waals surface area contributed by atoms with Crippen LogP contribution in [0, 0.1) is 5.41 Å². The fourth-order valence-electron chi connectivity index (χ4n) is 3.77. The van der Waals surface area contributed by atoms with Gasteiger partial charge < -0.3 is 31.4 Å². The van der Waals surface area contributed by atoms with Gasteiger partial charge in [0, 0.05) is 28.5 Å². The lowest BCUT2D eigenvalue weighted by atomic mass is 9.95. The Bertz CT molecular complexity index is 1090. The van der Waals surface area contributed by atoms with Crippen molar-refractivity contribution in [3.63, 3.8) is 0 Å². The zero-order valence-electron chi connectivity index (χ0n) is 17.4. The second kappa shape index (κ2) is 8.87. The summed E-state index contributed by atoms with van der Waals surface area (Å²) in [6.07, 6.45) is 3.83. The largest absolute Gasteiger partial charge is 0.488 e. The number of benzene rings is 2. The highest BCUT2D eigenvalue weighted by Gasteiger charge is 2.21. The van der Waals surface area contributed by atoms with Gasteiger partial charge in [-0.15, -0.1) is 0 Å². The number of para-hydroxylation sites is 1. The SMILES string of the molecule is CC(O)C(=N)c1ccc(Nc2ncc3cccc(OC4CCC(O)CC4)c3n2)cc1N. The van der Waals surface area contributed by atoms with Crippen LogP contribution in [0.15, 0.2) is 42.6 Å². The van der Waals surface area contributed by atoms with Crippen LogP contribution in [-0.2, 0) is 0 Å². The van der Waals surface area contributed by atoms with Crippen LogP contribution < -0.4 is 15.8 Å². The molecule has 8 nitrogen and oxygen atoms in total. The molecule has 1 unspecified atom stereocenters. The molecule has 1 aliphatic rings. The summed E-state index contributed by atoms with van der Waals surface area (Å²) >= 11 is 0. The summed E-state index contributed by atoms with van der Waals surface area (Å²) in [6, 6.07) is 10.9. The summed E-state index contributed by atoms with van der Waals surface area (Å²) in [5, 5.41) is 31.3. The molecule has 1 aromatic heterocycles. The fourth-order valence-corrected chi connectivity index (χ4v) is 3.77. The third-order valence-electron chi connectivity index (χ3n) is 5.53. The molecule has 0 spiro atoms. The molecule has 0 aliphatic heterocycles. The van der Waals surface area contributed by atoms with Crippen molar-refractivity contribution in [3.8, 4) is 5.75 Å². The van der Waals surface area contributed by atoms with E-state index in [1.165, 1.54) is 6.92 Å². The van der Waals surface area contributed by atoms with Crippen molar-refractivity contribution < 1.29 is 14.9 Å². The van der Waals surface area contributed by atoms with Crippen molar-refractivity contribution in [3.05, 3.63) is 48.2 Å². The molecule has 0 saturated heterocycles. The molecule has 6 N–H and O–H groups in total. The molecule has 1 aliphatic carbocycles. The molecule has 2 aromatic carbocycles. The van der Waals surface area contributed by atoms with E-state index < -0.39 is 6.10 Å². The molecule has 3 aromatic rings. The van der Waals surface area contributed by atoms with E-state index >= 15 is 0 Å². The van der Waals surface area contributed by atoms with E-state index in [0.717, 1.165) is 31.1 Å². The molecule has 0 bridgehead atoms. The zero-order chi connectivity index (χ0) is 22.0. The minimum absolute atomic E-state index is 0.0666. The summed E-state index contributed by atoms with van der Waals surface area (Å²) in [4.78, 5) is 9.03. The molecule has 31 heavy (non-hydrogen) atoms. The summed E-state index contributed by atoms with van der Waals surface area (Å²) < 4.78 is 6.21. The van der Waals surface area contributed by atoms with Crippen LogP contribution in [0.2, 0.25) is 0 Å². The molecule has 1 saturated carbocycles. The van der Waals surface area contributed by atoms with Crippen molar-refractivity contribution in [2.45, 2.75) is 50.9 Å². The van der Waals surface area contributed by atoms with E-state index in [4.69, 9.17) is 15.9 Å². The second-order valence-electron chi connectivity index (χ2n) is 7.95. The topological polar surface area (TPSA) is 137 Å². The summed E-state index contributed by atoms with van der Waals surface area (Å²) in [7, 11) is 0. The minimum Gasteiger partial charge on any atom is -0.488 e. The van der Waals surface area contributed by atoms with Gasteiger partial charge in [-0.05, 0) is 56.9 Å². The molecule has 8 heteroatoms. The maximum absolute atomic E-state index is 9.72. The number of aliphatic hydroxyl groups excluding tert-OH is 2. The maximum Gasteiger partial charge on any atom is 0.227 e. The number of nitrogen functional groups attached to an aromatic ring is 1. The lowest BCUT2D eigenvalue weighted by Gasteiger charge is -2.26. The van der Waals surface area contributed by atoms with Gasteiger partial charge in [0.1, 0.15) is 11.3 Å². The molecular formula is C23H27N5O3. The average Bonchev–Trinajstić information content (AvgIpc) is 2.75. The zero-order valence-corrected chi connectivity index (χ0v) is 17.4. The van der Waals surface area contributed by atoms with Crippen molar-refractivity contribution in [2.75, 3.05) is 11.1 Å². The normalized spacial score (nSPS) is 19.7. The van der Waals surface area contributed by atoms with E-state index in [-0.39, 0.29) is 17.9 Å². The van der Waals surface area contributed by atoms with Gasteiger partial charge in [0.25, 0.3) is 0 Å². The maximum atomic E-state index is 9.72. The number of aromatic nitrogens is 2. The molecule has 1 fully saturated rings. The highest BCUT2D eigenvalue weighted by molar-refractivity contribution is 6.05. The van der Waals surface area contributed by atoms with Gasteiger partial charge in [-0.1, -0.05) is 12.1 Å². The van der Waals surface area contributed by atoms with E-state index in [1.807, 2.05) is 18.2 Å². The van der Waals surface area contributed by atoms with E-state index in [0.29, 0.717) is 34.2 Å². The highest BCUT2D eigenvalue weighted by atomic mass is 16.5. The van der Waals surface area contributed by atoms with Gasteiger partial charge in [-0.25, -0.2) is 9.97 Å². The molecule has 0 amide bonds.